The van der Waals surface area contributed by atoms with E-state index >= 15 is 0 Å². The highest BCUT2D eigenvalue weighted by molar-refractivity contribution is 7.93. The van der Waals surface area contributed by atoms with Crippen molar-refractivity contribution in [1.82, 2.24) is 0 Å². The van der Waals surface area contributed by atoms with Crippen molar-refractivity contribution in [3.8, 4) is 0 Å². The Morgan fingerprint density at radius 2 is 1.71 bits per heavy atom. The summed E-state index contributed by atoms with van der Waals surface area (Å²) >= 11 is 5.57. The maximum Gasteiger partial charge on any atom is 0.470 e. The van der Waals surface area contributed by atoms with Crippen LogP contribution in [0.15, 0.2) is 29.2 Å². The van der Waals surface area contributed by atoms with Crippen LogP contribution in [0.2, 0.25) is 5.02 Å². The Bertz CT molecular complexity index is 438. The van der Waals surface area contributed by atoms with Crippen LogP contribution >= 0.6 is 36.4 Å². The molecule has 0 unspecified atom stereocenters. The van der Waals surface area contributed by atoms with Gasteiger partial charge in [-0.15, -0.1) is 33.2 Å². The van der Waals surface area contributed by atoms with Gasteiger partial charge in [-0.2, -0.15) is 4.25 Å². The van der Waals surface area contributed by atoms with E-state index in [1.54, 1.807) is 6.07 Å². The maximum absolute atomic E-state index is 11.0. The quantitative estimate of drug-likeness (QED) is 0.739. The summed E-state index contributed by atoms with van der Waals surface area (Å²) in [6.07, 6.45) is 0. The average Bonchev–Trinajstić information content (AvgIpc) is 2.05. The van der Waals surface area contributed by atoms with Gasteiger partial charge in [0.2, 0.25) is 0 Å². The summed E-state index contributed by atoms with van der Waals surface area (Å²) in [6, 6.07) is 5.85. The molecule has 0 amide bonds. The average molecular weight is 275 g/mol. The normalized spacial score (nSPS) is 9.14. The lowest BCUT2D eigenvalue weighted by molar-refractivity contribution is 0.604. The van der Waals surface area contributed by atoms with E-state index in [1.165, 1.54) is 18.2 Å². The zero-order valence-electron chi connectivity index (χ0n) is 6.68. The van der Waals surface area contributed by atoms with Crippen molar-refractivity contribution < 1.29 is 8.42 Å². The largest absolute Gasteiger partial charge is 0.470 e. The minimum Gasteiger partial charge on any atom is -0.206 e. The first-order valence-electron chi connectivity index (χ1n) is 2.96. The van der Waals surface area contributed by atoms with Crippen LogP contribution in [0.1, 0.15) is 0 Å². The number of rotatable bonds is 1. The molecule has 0 saturated carbocycles. The fourth-order valence-corrected chi connectivity index (χ4v) is 1.79. The standard InChI is InChI=1S/C7H4ClNO2S.2ClH/c1-9-12(10,11)7-5-3-2-4-6(7)8;;/h2-5H;2*1H. The minimum atomic E-state index is -3.87. The van der Waals surface area contributed by atoms with E-state index in [-0.39, 0.29) is 34.7 Å². The molecule has 1 aromatic rings. The Hall–Kier alpha value is -0.470. The predicted octanol–water partition coefficient (Wildman–Crippen LogP) is 2.79. The van der Waals surface area contributed by atoms with E-state index < -0.39 is 10.0 Å². The number of benzene rings is 1. The second-order valence-electron chi connectivity index (χ2n) is 2.00. The van der Waals surface area contributed by atoms with Crippen LogP contribution in [0.5, 0.6) is 0 Å². The Morgan fingerprint density at radius 1 is 1.21 bits per heavy atom. The maximum atomic E-state index is 11.0. The molecule has 0 saturated heterocycles. The van der Waals surface area contributed by atoms with Gasteiger partial charge in [-0.05, 0) is 12.1 Å². The molecule has 14 heavy (non-hydrogen) atoms. The molecule has 0 aliphatic carbocycles. The highest BCUT2D eigenvalue weighted by Crippen LogP contribution is 2.21. The third-order valence-electron chi connectivity index (χ3n) is 1.23. The topological polar surface area (TPSA) is 38.5 Å². The third-order valence-corrected chi connectivity index (χ3v) is 2.83. The summed E-state index contributed by atoms with van der Waals surface area (Å²) in [5.74, 6) is 0. The number of halogens is 3. The molecule has 7 heteroatoms. The van der Waals surface area contributed by atoms with Crippen molar-refractivity contribution in [1.29, 1.82) is 0 Å². The molecular formula is C7H6Cl3NO2S. The SMILES string of the molecule is Cl.Cl.[C-]#[N+]S(=O)(=O)c1ccccc1Cl. The lowest BCUT2D eigenvalue weighted by Crippen LogP contribution is -1.93. The molecule has 0 N–H and O–H groups in total. The first-order chi connectivity index (χ1) is 5.58. The highest BCUT2D eigenvalue weighted by atomic mass is 35.5. The fraction of sp³-hybridized carbons (Fsp3) is 0. The first-order valence-corrected chi connectivity index (χ1v) is 4.78. The van der Waals surface area contributed by atoms with Crippen molar-refractivity contribution in [2.24, 2.45) is 0 Å². The van der Waals surface area contributed by atoms with Gasteiger partial charge in [0, 0.05) is 0 Å². The van der Waals surface area contributed by atoms with Crippen LogP contribution in [0, 0.1) is 6.57 Å². The summed E-state index contributed by atoms with van der Waals surface area (Å²) in [5.41, 5.74) is 0. The van der Waals surface area contributed by atoms with Gasteiger partial charge in [-0.25, -0.2) is 6.57 Å². The summed E-state index contributed by atoms with van der Waals surface area (Å²) in [4.78, 5) is -0.137. The van der Waals surface area contributed by atoms with Crippen LogP contribution < -0.4 is 0 Å². The lowest BCUT2D eigenvalue weighted by Gasteiger charge is -1.93. The van der Waals surface area contributed by atoms with Crippen LogP contribution in [-0.2, 0) is 10.0 Å². The van der Waals surface area contributed by atoms with Crippen LogP contribution in [-0.4, -0.2) is 8.42 Å². The molecule has 1 aromatic carbocycles. The van der Waals surface area contributed by atoms with Gasteiger partial charge in [0.15, 0.2) is 4.90 Å². The molecule has 0 aliphatic rings. The number of hydrogen-bond acceptors (Lipinski definition) is 2. The Balaban J connectivity index is 0. The molecule has 0 aromatic heterocycles. The summed E-state index contributed by atoms with van der Waals surface area (Å²) in [5, 5.41) is 0.0773. The van der Waals surface area contributed by atoms with Gasteiger partial charge in [0.1, 0.15) is 0 Å². The third kappa shape index (κ3) is 3.35. The van der Waals surface area contributed by atoms with Gasteiger partial charge in [0.05, 0.1) is 5.02 Å². The Kier molecular flexibility index (Phi) is 6.96. The number of hydrogen-bond donors (Lipinski definition) is 0. The predicted molar refractivity (Wildman–Crippen MR) is 59.7 cm³/mol. The van der Waals surface area contributed by atoms with E-state index in [1.807, 2.05) is 0 Å². The highest BCUT2D eigenvalue weighted by Gasteiger charge is 2.21. The van der Waals surface area contributed by atoms with Gasteiger partial charge < -0.3 is 0 Å². The summed E-state index contributed by atoms with van der Waals surface area (Å²) in [6.45, 7) is 6.42. The fourth-order valence-electron chi connectivity index (χ4n) is 0.703. The molecule has 0 atom stereocenters. The molecule has 3 nitrogen and oxygen atoms in total. The molecule has 78 valence electrons. The second kappa shape index (κ2) is 6.10. The molecule has 0 radical (unpaired) electrons. The Labute approximate surface area is 99.8 Å². The molecule has 0 aliphatic heterocycles. The van der Waals surface area contributed by atoms with Crippen molar-refractivity contribution in [3.63, 3.8) is 0 Å². The van der Waals surface area contributed by atoms with Crippen molar-refractivity contribution in [2.75, 3.05) is 0 Å². The molecular weight excluding hydrogens is 269 g/mol. The van der Waals surface area contributed by atoms with E-state index in [9.17, 15) is 8.42 Å². The second-order valence-corrected chi connectivity index (χ2v) is 3.98. The monoisotopic (exact) mass is 273 g/mol. The van der Waals surface area contributed by atoms with Crippen LogP contribution in [0.3, 0.4) is 0 Å². The Morgan fingerprint density at radius 3 is 2.14 bits per heavy atom. The molecule has 0 bridgehead atoms. The van der Waals surface area contributed by atoms with Gasteiger partial charge in [-0.1, -0.05) is 23.7 Å². The summed E-state index contributed by atoms with van der Waals surface area (Å²) < 4.78 is 24.5. The van der Waals surface area contributed by atoms with Crippen molar-refractivity contribution in [3.05, 3.63) is 40.1 Å². The van der Waals surface area contributed by atoms with Crippen molar-refractivity contribution >= 4 is 46.4 Å². The minimum absolute atomic E-state index is 0. The summed E-state index contributed by atoms with van der Waals surface area (Å²) in [7, 11) is -3.87. The number of nitrogens with zero attached hydrogens (tertiary/aromatic N) is 1. The smallest absolute Gasteiger partial charge is 0.206 e. The molecule has 0 spiro atoms. The zero-order valence-corrected chi connectivity index (χ0v) is 9.88. The van der Waals surface area contributed by atoms with Gasteiger partial charge in [-0.3, -0.25) is 0 Å². The van der Waals surface area contributed by atoms with E-state index in [2.05, 4.69) is 4.25 Å². The molecule has 1 rings (SSSR count). The first kappa shape index (κ1) is 16.0. The molecule has 0 fully saturated rings. The van der Waals surface area contributed by atoms with E-state index in [0.717, 1.165) is 0 Å². The van der Waals surface area contributed by atoms with E-state index in [0.29, 0.717) is 0 Å². The zero-order chi connectivity index (χ0) is 9.19. The number of sulfonamides is 1. The van der Waals surface area contributed by atoms with Crippen LogP contribution in [0.25, 0.3) is 4.25 Å². The van der Waals surface area contributed by atoms with Gasteiger partial charge in [0.25, 0.3) is 0 Å². The van der Waals surface area contributed by atoms with Crippen LogP contribution in [0.4, 0.5) is 0 Å². The van der Waals surface area contributed by atoms with E-state index in [4.69, 9.17) is 18.2 Å². The molecule has 0 heterocycles. The van der Waals surface area contributed by atoms with Gasteiger partial charge >= 0.3 is 10.0 Å². The van der Waals surface area contributed by atoms with Crippen molar-refractivity contribution in [2.45, 2.75) is 4.90 Å². The lowest BCUT2D eigenvalue weighted by atomic mass is 10.4.